The van der Waals surface area contributed by atoms with Gasteiger partial charge in [0.05, 0.1) is 4.83 Å². The van der Waals surface area contributed by atoms with E-state index in [0.29, 0.717) is 11.1 Å². The van der Waals surface area contributed by atoms with Crippen molar-refractivity contribution in [2.75, 3.05) is 14.1 Å². The molecule has 1 amide bonds. The van der Waals surface area contributed by atoms with Crippen LogP contribution in [0, 0.1) is 0 Å². The number of hydrogen-bond donors (Lipinski definition) is 1. The third kappa shape index (κ3) is 2.76. The van der Waals surface area contributed by atoms with E-state index in [1.807, 2.05) is 0 Å². The molecule has 0 fully saturated rings. The van der Waals surface area contributed by atoms with E-state index in [1.165, 1.54) is 0 Å². The number of halogens is 1. The maximum atomic E-state index is 12.6. The van der Waals surface area contributed by atoms with Gasteiger partial charge in [0.2, 0.25) is 17.5 Å². The number of rotatable bonds is 3. The number of carbonyl (C=O) groups is 3. The maximum absolute atomic E-state index is 12.6. The topological polar surface area (TPSA) is 66.5 Å². The Morgan fingerprint density at radius 3 is 2.14 bits per heavy atom. The Morgan fingerprint density at radius 2 is 1.67 bits per heavy atom. The maximum Gasteiger partial charge on any atom is 0.238 e. The normalized spacial score (nSPS) is 15.6. The first-order valence-electron chi connectivity index (χ1n) is 6.39. The second kappa shape index (κ2) is 5.81. The van der Waals surface area contributed by atoms with Crippen molar-refractivity contribution in [3.8, 4) is 0 Å². The van der Waals surface area contributed by atoms with E-state index in [-0.39, 0.29) is 28.9 Å². The summed E-state index contributed by atoms with van der Waals surface area (Å²) in [6.07, 6.45) is 0. The highest BCUT2D eigenvalue weighted by molar-refractivity contribution is 9.10. The number of nitrogens with one attached hydrogen (secondary N) is 1. The average Bonchev–Trinajstić information content (AvgIpc) is 2.44. The zero-order chi connectivity index (χ0) is 15.7. The van der Waals surface area contributed by atoms with E-state index in [4.69, 9.17) is 0 Å². The fourth-order valence-corrected chi connectivity index (χ4v) is 2.24. The Balaban J connectivity index is 2.57. The van der Waals surface area contributed by atoms with Gasteiger partial charge in [0.25, 0.3) is 0 Å². The summed E-state index contributed by atoms with van der Waals surface area (Å²) in [7, 11) is 3.33. The molecular weight excluding hydrogens is 336 g/mol. The second-order valence-corrected chi connectivity index (χ2v) is 6.30. The minimum atomic E-state index is -0.464. The van der Waals surface area contributed by atoms with Crippen molar-refractivity contribution < 1.29 is 14.4 Å². The number of likely N-dealkylation sites (N-methyl/N-ethyl adjacent to an activating group) is 1. The summed E-state index contributed by atoms with van der Waals surface area (Å²) in [5.74, 6) is -0.993. The highest BCUT2D eigenvalue weighted by atomic mass is 79.9. The van der Waals surface area contributed by atoms with E-state index >= 15 is 0 Å². The van der Waals surface area contributed by atoms with Gasteiger partial charge in [-0.25, -0.2) is 0 Å². The molecule has 5 nitrogen and oxygen atoms in total. The SMILES string of the molecule is CC(Br)C(=O)NC1=C(N(C)C)C(=O)c2ccccc2C1=O. The van der Waals surface area contributed by atoms with Gasteiger partial charge in [0, 0.05) is 25.2 Å². The van der Waals surface area contributed by atoms with Crippen LogP contribution in [-0.2, 0) is 4.79 Å². The number of ketones is 2. The minimum absolute atomic E-state index is 0.0278. The monoisotopic (exact) mass is 350 g/mol. The molecule has 1 aromatic rings. The molecule has 110 valence electrons. The number of Topliss-reactive ketones (excluding diaryl/α,β-unsaturated/α-hetero) is 2. The molecule has 21 heavy (non-hydrogen) atoms. The first-order valence-corrected chi connectivity index (χ1v) is 7.31. The van der Waals surface area contributed by atoms with E-state index < -0.39 is 4.83 Å². The summed E-state index contributed by atoms with van der Waals surface area (Å²) in [4.78, 5) is 38.1. The van der Waals surface area contributed by atoms with E-state index in [1.54, 1.807) is 50.2 Å². The Bertz CT molecular complexity index is 663. The van der Waals surface area contributed by atoms with Crippen LogP contribution >= 0.6 is 15.9 Å². The molecule has 0 spiro atoms. The fraction of sp³-hybridized carbons (Fsp3) is 0.267. The van der Waals surface area contributed by atoms with Gasteiger partial charge in [0.1, 0.15) is 11.4 Å². The zero-order valence-electron chi connectivity index (χ0n) is 11.9. The van der Waals surface area contributed by atoms with Crippen molar-refractivity contribution in [3.63, 3.8) is 0 Å². The average molecular weight is 351 g/mol. The van der Waals surface area contributed by atoms with Crippen LogP contribution in [0.1, 0.15) is 27.6 Å². The van der Waals surface area contributed by atoms with Gasteiger partial charge in [-0.15, -0.1) is 0 Å². The molecule has 0 aliphatic heterocycles. The highest BCUT2D eigenvalue weighted by Crippen LogP contribution is 2.26. The van der Waals surface area contributed by atoms with Crippen molar-refractivity contribution in [2.24, 2.45) is 0 Å². The van der Waals surface area contributed by atoms with Crippen LogP contribution in [0.4, 0.5) is 0 Å². The number of fused-ring (bicyclic) bond motifs is 1. The third-order valence-corrected chi connectivity index (χ3v) is 3.57. The van der Waals surface area contributed by atoms with Gasteiger partial charge >= 0.3 is 0 Å². The van der Waals surface area contributed by atoms with Crippen molar-refractivity contribution in [1.29, 1.82) is 0 Å². The quantitative estimate of drug-likeness (QED) is 0.843. The molecule has 1 aliphatic rings. The van der Waals surface area contributed by atoms with Crippen LogP contribution in [0.5, 0.6) is 0 Å². The molecule has 1 unspecified atom stereocenters. The molecule has 2 rings (SSSR count). The van der Waals surface area contributed by atoms with Gasteiger partial charge in [0.15, 0.2) is 0 Å². The van der Waals surface area contributed by atoms with Gasteiger partial charge in [-0.3, -0.25) is 14.4 Å². The predicted molar refractivity (Wildman–Crippen MR) is 82.3 cm³/mol. The summed E-state index contributed by atoms with van der Waals surface area (Å²) in [6.45, 7) is 1.65. The number of alkyl halides is 1. The number of benzene rings is 1. The van der Waals surface area contributed by atoms with Crippen molar-refractivity contribution in [1.82, 2.24) is 10.2 Å². The summed E-state index contributed by atoms with van der Waals surface area (Å²) < 4.78 is 0. The number of hydrogen-bond acceptors (Lipinski definition) is 4. The first kappa shape index (κ1) is 15.4. The summed E-state index contributed by atoms with van der Waals surface area (Å²) in [6, 6.07) is 6.61. The largest absolute Gasteiger partial charge is 0.373 e. The third-order valence-electron chi connectivity index (χ3n) is 3.15. The number of amides is 1. The van der Waals surface area contributed by atoms with Crippen LogP contribution in [0.3, 0.4) is 0 Å². The Kier molecular flexibility index (Phi) is 4.27. The molecule has 1 aromatic carbocycles. The molecule has 0 saturated heterocycles. The highest BCUT2D eigenvalue weighted by Gasteiger charge is 2.34. The van der Waals surface area contributed by atoms with E-state index in [9.17, 15) is 14.4 Å². The Morgan fingerprint density at radius 1 is 1.14 bits per heavy atom. The smallest absolute Gasteiger partial charge is 0.238 e. The Labute approximate surface area is 131 Å². The van der Waals surface area contributed by atoms with Crippen LogP contribution in [-0.4, -0.2) is 41.3 Å². The van der Waals surface area contributed by atoms with Crippen molar-refractivity contribution in [2.45, 2.75) is 11.8 Å². The molecule has 6 heteroatoms. The molecule has 1 atom stereocenters. The Hall–Kier alpha value is -1.95. The number of nitrogens with zero attached hydrogens (tertiary/aromatic N) is 1. The summed E-state index contributed by atoms with van der Waals surface area (Å²) >= 11 is 3.15. The fourth-order valence-electron chi connectivity index (χ4n) is 2.13. The molecular formula is C15H15BrN2O3. The second-order valence-electron chi connectivity index (χ2n) is 4.93. The van der Waals surface area contributed by atoms with Gasteiger partial charge in [-0.1, -0.05) is 40.2 Å². The van der Waals surface area contributed by atoms with Crippen molar-refractivity contribution in [3.05, 3.63) is 46.8 Å². The van der Waals surface area contributed by atoms with Crippen LogP contribution < -0.4 is 5.32 Å². The van der Waals surface area contributed by atoms with E-state index in [2.05, 4.69) is 21.2 Å². The molecule has 1 N–H and O–H groups in total. The predicted octanol–water partition coefficient (Wildman–Crippen LogP) is 1.74. The lowest BCUT2D eigenvalue weighted by molar-refractivity contribution is -0.119. The van der Waals surface area contributed by atoms with Crippen molar-refractivity contribution >= 4 is 33.4 Å². The van der Waals surface area contributed by atoms with E-state index in [0.717, 1.165) is 0 Å². The minimum Gasteiger partial charge on any atom is -0.373 e. The molecule has 0 bridgehead atoms. The van der Waals surface area contributed by atoms with Gasteiger partial charge in [-0.2, -0.15) is 0 Å². The van der Waals surface area contributed by atoms with Gasteiger partial charge < -0.3 is 10.2 Å². The van der Waals surface area contributed by atoms with Gasteiger partial charge in [-0.05, 0) is 6.92 Å². The lowest BCUT2D eigenvalue weighted by atomic mass is 9.90. The van der Waals surface area contributed by atoms with Crippen LogP contribution in [0.25, 0.3) is 0 Å². The molecule has 0 heterocycles. The van der Waals surface area contributed by atoms with Crippen LogP contribution in [0.2, 0.25) is 0 Å². The molecule has 0 saturated carbocycles. The van der Waals surface area contributed by atoms with Crippen LogP contribution in [0.15, 0.2) is 35.7 Å². The first-order chi connectivity index (χ1) is 9.84. The molecule has 0 radical (unpaired) electrons. The number of allylic oxidation sites excluding steroid dienone is 2. The summed E-state index contributed by atoms with van der Waals surface area (Å²) in [5.41, 5.74) is 0.891. The zero-order valence-corrected chi connectivity index (χ0v) is 13.5. The lowest BCUT2D eigenvalue weighted by Crippen LogP contribution is -2.39. The lowest BCUT2D eigenvalue weighted by Gasteiger charge is -2.26. The summed E-state index contributed by atoms with van der Waals surface area (Å²) in [5, 5.41) is 2.55. The molecule has 1 aliphatic carbocycles. The standard InChI is InChI=1S/C15H15BrN2O3/c1-8(16)15(21)17-11-12(18(2)3)14(20)10-7-5-4-6-9(10)13(11)19/h4-8H,1-3H3,(H,17,21). The number of carbonyl (C=O) groups excluding carboxylic acids is 3. The molecule has 0 aromatic heterocycles.